The van der Waals surface area contributed by atoms with Crippen LogP contribution in [0.2, 0.25) is 0 Å². The lowest BCUT2D eigenvalue weighted by atomic mass is 9.86. The number of amides is 1. The largest absolute Gasteiger partial charge is 0.343 e. The number of aromatic nitrogens is 1. The molecule has 1 aromatic heterocycles. The van der Waals surface area contributed by atoms with Crippen LogP contribution < -0.4 is 5.32 Å². The molecular weight excluding hydrogens is 282 g/mol. The number of likely N-dealkylation sites (tertiary alicyclic amines) is 1. The maximum Gasteiger partial charge on any atom is 0.222 e. The van der Waals surface area contributed by atoms with Crippen molar-refractivity contribution in [3.8, 4) is 0 Å². The molecule has 1 aromatic rings. The van der Waals surface area contributed by atoms with Crippen LogP contribution in [0.1, 0.15) is 61.3 Å². The first-order chi connectivity index (χ1) is 10.2. The highest BCUT2D eigenvalue weighted by atomic mass is 32.1. The van der Waals surface area contributed by atoms with Crippen molar-refractivity contribution >= 4 is 17.2 Å². The average molecular weight is 307 g/mol. The van der Waals surface area contributed by atoms with Crippen LogP contribution in [-0.2, 0) is 11.3 Å². The first-order valence-electron chi connectivity index (χ1n) is 8.18. The number of thiazole rings is 1. The van der Waals surface area contributed by atoms with Crippen molar-refractivity contribution in [3.63, 3.8) is 0 Å². The summed E-state index contributed by atoms with van der Waals surface area (Å²) in [6, 6.07) is 0.438. The Labute approximate surface area is 130 Å². The minimum absolute atomic E-state index is 0.329. The summed E-state index contributed by atoms with van der Waals surface area (Å²) in [5, 5.41) is 4.89. The Morgan fingerprint density at radius 3 is 3.00 bits per heavy atom. The molecule has 1 saturated carbocycles. The second-order valence-corrected chi connectivity index (χ2v) is 7.49. The van der Waals surface area contributed by atoms with E-state index in [1.165, 1.54) is 29.1 Å². The van der Waals surface area contributed by atoms with Gasteiger partial charge in [-0.15, -0.1) is 11.3 Å². The molecule has 2 fully saturated rings. The van der Waals surface area contributed by atoms with Crippen LogP contribution in [0.15, 0.2) is 6.20 Å². The predicted octanol–water partition coefficient (Wildman–Crippen LogP) is 2.90. The molecule has 1 amide bonds. The fourth-order valence-electron chi connectivity index (χ4n) is 2.92. The van der Waals surface area contributed by atoms with Crippen LogP contribution >= 0.6 is 11.3 Å². The molecule has 1 atom stereocenters. The van der Waals surface area contributed by atoms with E-state index in [1.54, 1.807) is 0 Å². The maximum absolute atomic E-state index is 11.6. The second-order valence-electron chi connectivity index (χ2n) is 6.35. The van der Waals surface area contributed by atoms with E-state index in [4.69, 9.17) is 0 Å². The number of carbonyl (C=O) groups is 1. The summed E-state index contributed by atoms with van der Waals surface area (Å²) in [4.78, 5) is 19.5. The smallest absolute Gasteiger partial charge is 0.222 e. The molecule has 1 saturated heterocycles. The number of carbonyl (C=O) groups excluding carboxylic acids is 1. The molecule has 0 aromatic carbocycles. The van der Waals surface area contributed by atoms with E-state index in [0.29, 0.717) is 11.9 Å². The van der Waals surface area contributed by atoms with E-state index < -0.39 is 0 Å². The van der Waals surface area contributed by atoms with E-state index in [9.17, 15) is 4.79 Å². The van der Waals surface area contributed by atoms with Crippen molar-refractivity contribution in [2.45, 2.75) is 64.0 Å². The number of nitrogens with one attached hydrogen (secondary N) is 1. The first-order valence-corrected chi connectivity index (χ1v) is 9.00. The zero-order valence-corrected chi connectivity index (χ0v) is 13.6. The molecule has 0 bridgehead atoms. The molecule has 3 rings (SSSR count). The number of hydrogen-bond donors (Lipinski definition) is 1. The Kier molecular flexibility index (Phi) is 4.91. The van der Waals surface area contributed by atoms with Crippen molar-refractivity contribution in [1.82, 2.24) is 15.2 Å². The molecule has 0 radical (unpaired) electrons. The van der Waals surface area contributed by atoms with Gasteiger partial charge in [0, 0.05) is 49.1 Å². The molecule has 2 aliphatic rings. The summed E-state index contributed by atoms with van der Waals surface area (Å²) in [5.74, 6) is 1.07. The van der Waals surface area contributed by atoms with Crippen LogP contribution in [0.4, 0.5) is 0 Å². The number of hydrogen-bond acceptors (Lipinski definition) is 4. The van der Waals surface area contributed by atoms with E-state index in [0.717, 1.165) is 44.8 Å². The fourth-order valence-corrected chi connectivity index (χ4v) is 3.95. The SMILES string of the molecule is C[C@@H](CCN1CCCC1=O)NCc1cnc(C2CCC2)s1. The normalized spacial score (nSPS) is 20.8. The molecule has 5 heteroatoms. The predicted molar refractivity (Wildman–Crippen MR) is 85.4 cm³/mol. The second kappa shape index (κ2) is 6.88. The van der Waals surface area contributed by atoms with Crippen LogP contribution in [0.5, 0.6) is 0 Å². The van der Waals surface area contributed by atoms with Gasteiger partial charge < -0.3 is 10.2 Å². The van der Waals surface area contributed by atoms with Gasteiger partial charge >= 0.3 is 0 Å². The van der Waals surface area contributed by atoms with E-state index in [1.807, 2.05) is 22.4 Å². The zero-order valence-electron chi connectivity index (χ0n) is 12.8. The maximum atomic E-state index is 11.6. The molecule has 1 aliphatic carbocycles. The Morgan fingerprint density at radius 2 is 2.33 bits per heavy atom. The third kappa shape index (κ3) is 3.83. The first kappa shape index (κ1) is 15.0. The Balaban J connectivity index is 1.37. The van der Waals surface area contributed by atoms with Crippen LogP contribution in [0.3, 0.4) is 0 Å². The highest BCUT2D eigenvalue weighted by Crippen LogP contribution is 2.38. The third-order valence-electron chi connectivity index (χ3n) is 4.65. The van der Waals surface area contributed by atoms with Gasteiger partial charge in [0.15, 0.2) is 0 Å². The minimum Gasteiger partial charge on any atom is -0.343 e. The molecular formula is C16H25N3OS. The topological polar surface area (TPSA) is 45.2 Å². The summed E-state index contributed by atoms with van der Waals surface area (Å²) in [6.07, 6.45) is 8.84. The summed E-state index contributed by atoms with van der Waals surface area (Å²) < 4.78 is 0. The van der Waals surface area contributed by atoms with Gasteiger partial charge in [0.2, 0.25) is 5.91 Å². The molecule has 116 valence electrons. The summed E-state index contributed by atoms with van der Waals surface area (Å²) in [7, 11) is 0. The van der Waals surface area contributed by atoms with Crippen molar-refractivity contribution in [2.75, 3.05) is 13.1 Å². The van der Waals surface area contributed by atoms with Gasteiger partial charge in [-0.1, -0.05) is 6.42 Å². The van der Waals surface area contributed by atoms with Crippen molar-refractivity contribution in [2.24, 2.45) is 0 Å². The molecule has 0 unspecified atom stereocenters. The molecule has 21 heavy (non-hydrogen) atoms. The summed E-state index contributed by atoms with van der Waals surface area (Å²) >= 11 is 1.86. The Morgan fingerprint density at radius 1 is 1.48 bits per heavy atom. The minimum atomic E-state index is 0.329. The lowest BCUT2D eigenvalue weighted by molar-refractivity contribution is -0.127. The molecule has 2 heterocycles. The standard InChI is InChI=1S/C16H25N3OS/c1-12(7-9-19-8-3-6-15(19)20)17-10-14-11-18-16(21-14)13-4-2-5-13/h11-13,17H,2-10H2,1H3/t12-/m0/s1. The third-order valence-corrected chi connectivity index (χ3v) is 5.81. The highest BCUT2D eigenvalue weighted by Gasteiger charge is 2.23. The summed E-state index contributed by atoms with van der Waals surface area (Å²) in [6.45, 7) is 4.95. The van der Waals surface area contributed by atoms with Gasteiger partial charge in [0.25, 0.3) is 0 Å². The lowest BCUT2D eigenvalue weighted by Crippen LogP contribution is -2.32. The molecule has 0 spiro atoms. The zero-order chi connectivity index (χ0) is 14.7. The lowest BCUT2D eigenvalue weighted by Gasteiger charge is -2.22. The average Bonchev–Trinajstić information content (AvgIpc) is 3.02. The molecule has 1 N–H and O–H groups in total. The van der Waals surface area contributed by atoms with Crippen molar-refractivity contribution < 1.29 is 4.79 Å². The quantitative estimate of drug-likeness (QED) is 0.842. The van der Waals surface area contributed by atoms with Crippen molar-refractivity contribution in [1.29, 1.82) is 0 Å². The van der Waals surface area contributed by atoms with Gasteiger partial charge in [-0.05, 0) is 32.6 Å². The van der Waals surface area contributed by atoms with Crippen LogP contribution in [0, 0.1) is 0 Å². The molecule has 1 aliphatic heterocycles. The monoisotopic (exact) mass is 307 g/mol. The van der Waals surface area contributed by atoms with Crippen LogP contribution in [-0.4, -0.2) is 34.9 Å². The number of nitrogens with zero attached hydrogens (tertiary/aromatic N) is 2. The van der Waals surface area contributed by atoms with Crippen molar-refractivity contribution in [3.05, 3.63) is 16.1 Å². The Hall–Kier alpha value is -0.940. The summed E-state index contributed by atoms with van der Waals surface area (Å²) in [5.41, 5.74) is 0. The van der Waals surface area contributed by atoms with E-state index >= 15 is 0 Å². The van der Waals surface area contributed by atoms with Gasteiger partial charge in [-0.25, -0.2) is 4.98 Å². The van der Waals surface area contributed by atoms with Gasteiger partial charge in [-0.2, -0.15) is 0 Å². The van der Waals surface area contributed by atoms with E-state index in [-0.39, 0.29) is 0 Å². The Bertz CT molecular complexity index is 484. The van der Waals surface area contributed by atoms with E-state index in [2.05, 4.69) is 17.2 Å². The van der Waals surface area contributed by atoms with Gasteiger partial charge in [-0.3, -0.25) is 4.79 Å². The highest BCUT2D eigenvalue weighted by molar-refractivity contribution is 7.11. The van der Waals surface area contributed by atoms with Gasteiger partial charge in [0.1, 0.15) is 0 Å². The fraction of sp³-hybridized carbons (Fsp3) is 0.750. The number of rotatable bonds is 7. The van der Waals surface area contributed by atoms with Gasteiger partial charge in [0.05, 0.1) is 5.01 Å². The van der Waals surface area contributed by atoms with Crippen LogP contribution in [0.25, 0.3) is 0 Å². The molecule has 4 nitrogen and oxygen atoms in total.